The Morgan fingerprint density at radius 3 is 2.40 bits per heavy atom. The molecule has 1 heterocycles. The van der Waals surface area contributed by atoms with Crippen LogP contribution in [0.1, 0.15) is 11.1 Å². The van der Waals surface area contributed by atoms with E-state index in [2.05, 4.69) is 5.32 Å². The van der Waals surface area contributed by atoms with Crippen molar-refractivity contribution in [2.24, 2.45) is 0 Å². The van der Waals surface area contributed by atoms with Gasteiger partial charge in [-0.1, -0.05) is 24.3 Å². The fraction of sp³-hybridized carbons (Fsp3) is 0.222. The van der Waals surface area contributed by atoms with Crippen LogP contribution in [0.15, 0.2) is 71.6 Å². The zero-order chi connectivity index (χ0) is 25.0. The Morgan fingerprint density at radius 1 is 1.00 bits per heavy atom. The van der Waals surface area contributed by atoms with Crippen LogP contribution < -0.4 is 19.5 Å². The summed E-state index contributed by atoms with van der Waals surface area (Å²) in [6, 6.07) is 18.2. The van der Waals surface area contributed by atoms with E-state index in [1.165, 1.54) is 12.3 Å². The van der Waals surface area contributed by atoms with Gasteiger partial charge in [-0.3, -0.25) is 4.79 Å². The highest BCUT2D eigenvalue weighted by Crippen LogP contribution is 2.33. The molecule has 0 radical (unpaired) electrons. The molecule has 8 heteroatoms. The van der Waals surface area contributed by atoms with E-state index in [1.807, 2.05) is 24.3 Å². The van der Waals surface area contributed by atoms with Crippen LogP contribution in [0.4, 0.5) is 0 Å². The number of amides is 1. The Bertz CT molecular complexity index is 1360. The van der Waals surface area contributed by atoms with E-state index in [9.17, 15) is 13.2 Å². The summed E-state index contributed by atoms with van der Waals surface area (Å²) in [4.78, 5) is 12.6. The van der Waals surface area contributed by atoms with Crippen LogP contribution in [0.25, 0.3) is 17.2 Å². The molecule has 0 spiro atoms. The SMILES string of the molecule is COc1ccc(C=CC(=O)NCC2Cc3cc(-c4ccc(S(C)(=O)=O)cc4)ccc3O2)cc1OC. The highest BCUT2D eigenvalue weighted by Gasteiger charge is 2.23. The summed E-state index contributed by atoms with van der Waals surface area (Å²) in [7, 11) is -0.0909. The van der Waals surface area contributed by atoms with Gasteiger partial charge in [0.1, 0.15) is 11.9 Å². The van der Waals surface area contributed by atoms with Gasteiger partial charge in [0.05, 0.1) is 25.7 Å². The van der Waals surface area contributed by atoms with E-state index in [-0.39, 0.29) is 12.0 Å². The number of carbonyl (C=O) groups excluding carboxylic acids is 1. The number of fused-ring (bicyclic) bond motifs is 1. The summed E-state index contributed by atoms with van der Waals surface area (Å²) >= 11 is 0. The number of sulfone groups is 1. The number of methoxy groups -OCH3 is 2. The van der Waals surface area contributed by atoms with E-state index in [0.29, 0.717) is 29.4 Å². The molecule has 0 fully saturated rings. The van der Waals surface area contributed by atoms with Gasteiger partial charge in [0.2, 0.25) is 5.91 Å². The van der Waals surface area contributed by atoms with E-state index in [0.717, 1.165) is 28.0 Å². The van der Waals surface area contributed by atoms with Gasteiger partial charge in [-0.05, 0) is 64.7 Å². The maximum absolute atomic E-state index is 12.3. The number of nitrogens with one attached hydrogen (secondary N) is 1. The molecule has 1 amide bonds. The average Bonchev–Trinajstić information content (AvgIpc) is 3.27. The molecule has 1 N–H and O–H groups in total. The van der Waals surface area contributed by atoms with Crippen LogP contribution in [-0.4, -0.2) is 47.4 Å². The van der Waals surface area contributed by atoms with Gasteiger partial charge in [-0.25, -0.2) is 8.42 Å². The topological polar surface area (TPSA) is 90.9 Å². The molecular formula is C27H27NO6S. The highest BCUT2D eigenvalue weighted by molar-refractivity contribution is 7.90. The van der Waals surface area contributed by atoms with Crippen molar-refractivity contribution in [2.75, 3.05) is 27.0 Å². The van der Waals surface area contributed by atoms with Crippen LogP contribution in [0, 0.1) is 0 Å². The molecule has 0 saturated carbocycles. The minimum absolute atomic E-state index is 0.161. The van der Waals surface area contributed by atoms with E-state index < -0.39 is 9.84 Å². The number of carbonyl (C=O) groups is 1. The van der Waals surface area contributed by atoms with Crippen LogP contribution in [-0.2, 0) is 21.1 Å². The second-order valence-electron chi connectivity index (χ2n) is 8.26. The van der Waals surface area contributed by atoms with Crippen molar-refractivity contribution >= 4 is 21.8 Å². The number of benzene rings is 3. The van der Waals surface area contributed by atoms with E-state index >= 15 is 0 Å². The number of hydrogen-bond acceptors (Lipinski definition) is 6. The molecule has 1 aliphatic rings. The predicted molar refractivity (Wildman–Crippen MR) is 135 cm³/mol. The summed E-state index contributed by atoms with van der Waals surface area (Å²) in [5, 5.41) is 2.88. The van der Waals surface area contributed by atoms with Gasteiger partial charge in [-0.15, -0.1) is 0 Å². The van der Waals surface area contributed by atoms with Crippen molar-refractivity contribution in [1.82, 2.24) is 5.32 Å². The van der Waals surface area contributed by atoms with Crippen molar-refractivity contribution in [3.05, 3.63) is 77.9 Å². The fourth-order valence-corrected chi connectivity index (χ4v) is 4.54. The largest absolute Gasteiger partial charge is 0.493 e. The van der Waals surface area contributed by atoms with Gasteiger partial charge in [0, 0.05) is 18.8 Å². The van der Waals surface area contributed by atoms with Crippen molar-refractivity contribution < 1.29 is 27.4 Å². The normalized spacial score (nSPS) is 14.9. The Balaban J connectivity index is 1.34. The minimum Gasteiger partial charge on any atom is -0.493 e. The van der Waals surface area contributed by atoms with E-state index in [1.54, 1.807) is 56.7 Å². The van der Waals surface area contributed by atoms with Gasteiger partial charge < -0.3 is 19.5 Å². The molecule has 182 valence electrons. The number of ether oxygens (including phenoxy) is 3. The molecule has 1 atom stereocenters. The molecule has 1 aliphatic heterocycles. The lowest BCUT2D eigenvalue weighted by atomic mass is 10.0. The second-order valence-corrected chi connectivity index (χ2v) is 10.3. The van der Waals surface area contributed by atoms with Gasteiger partial charge in [0.15, 0.2) is 21.3 Å². The molecule has 3 aromatic rings. The van der Waals surface area contributed by atoms with Gasteiger partial charge >= 0.3 is 0 Å². The Morgan fingerprint density at radius 2 is 1.71 bits per heavy atom. The lowest BCUT2D eigenvalue weighted by Crippen LogP contribution is -2.33. The first-order valence-corrected chi connectivity index (χ1v) is 12.9. The van der Waals surface area contributed by atoms with Crippen molar-refractivity contribution in [2.45, 2.75) is 17.4 Å². The number of hydrogen-bond donors (Lipinski definition) is 1. The zero-order valence-electron chi connectivity index (χ0n) is 19.8. The molecule has 1 unspecified atom stereocenters. The third kappa shape index (κ3) is 5.84. The van der Waals surface area contributed by atoms with E-state index in [4.69, 9.17) is 14.2 Å². The maximum atomic E-state index is 12.3. The molecule has 0 aromatic heterocycles. The Labute approximate surface area is 205 Å². The maximum Gasteiger partial charge on any atom is 0.244 e. The van der Waals surface area contributed by atoms with Crippen LogP contribution >= 0.6 is 0 Å². The smallest absolute Gasteiger partial charge is 0.244 e. The predicted octanol–water partition coefficient (Wildman–Crippen LogP) is 3.91. The molecule has 35 heavy (non-hydrogen) atoms. The van der Waals surface area contributed by atoms with Crippen LogP contribution in [0.5, 0.6) is 17.2 Å². The Hall–Kier alpha value is -3.78. The third-order valence-corrected chi connectivity index (χ3v) is 6.88. The van der Waals surface area contributed by atoms with Gasteiger partial charge in [-0.2, -0.15) is 0 Å². The third-order valence-electron chi connectivity index (χ3n) is 5.76. The first-order chi connectivity index (χ1) is 16.8. The monoisotopic (exact) mass is 493 g/mol. The Kier molecular flexibility index (Phi) is 7.12. The lowest BCUT2D eigenvalue weighted by molar-refractivity contribution is -0.116. The van der Waals surface area contributed by atoms with Crippen LogP contribution in [0.2, 0.25) is 0 Å². The first-order valence-electron chi connectivity index (χ1n) is 11.0. The number of rotatable bonds is 8. The van der Waals surface area contributed by atoms with Crippen molar-refractivity contribution in [3.8, 4) is 28.4 Å². The second kappa shape index (κ2) is 10.2. The van der Waals surface area contributed by atoms with Crippen molar-refractivity contribution in [3.63, 3.8) is 0 Å². The molecule has 3 aromatic carbocycles. The van der Waals surface area contributed by atoms with Crippen molar-refractivity contribution in [1.29, 1.82) is 0 Å². The molecule has 0 saturated heterocycles. The summed E-state index contributed by atoms with van der Waals surface area (Å²) in [6.07, 6.45) is 4.89. The highest BCUT2D eigenvalue weighted by atomic mass is 32.2. The molecule has 0 aliphatic carbocycles. The standard InChI is InChI=1S/C27H27NO6S/c1-32-25-11-4-18(14-26(25)33-2)5-13-27(29)28-17-22-16-21-15-20(8-12-24(21)34-22)19-6-9-23(10-7-19)35(3,30)31/h4-15,22H,16-17H2,1-3H3,(H,28,29). The first kappa shape index (κ1) is 24.3. The zero-order valence-corrected chi connectivity index (χ0v) is 20.6. The van der Waals surface area contributed by atoms with Gasteiger partial charge in [0.25, 0.3) is 0 Å². The quantitative estimate of drug-likeness (QED) is 0.479. The summed E-state index contributed by atoms with van der Waals surface area (Å²) in [5.74, 6) is 1.80. The minimum atomic E-state index is -3.23. The fourth-order valence-electron chi connectivity index (χ4n) is 3.91. The average molecular weight is 494 g/mol. The summed E-state index contributed by atoms with van der Waals surface area (Å²) < 4.78 is 39.9. The molecular weight excluding hydrogens is 466 g/mol. The van der Waals surface area contributed by atoms with Crippen LogP contribution in [0.3, 0.4) is 0 Å². The summed E-state index contributed by atoms with van der Waals surface area (Å²) in [6.45, 7) is 0.377. The molecule has 0 bridgehead atoms. The molecule has 4 rings (SSSR count). The summed E-state index contributed by atoms with van der Waals surface area (Å²) in [5.41, 5.74) is 3.78. The molecule has 7 nitrogen and oxygen atoms in total. The lowest BCUT2D eigenvalue weighted by Gasteiger charge is -2.11.